The second-order valence-corrected chi connectivity index (χ2v) is 7.38. The van der Waals surface area contributed by atoms with Crippen molar-refractivity contribution in [2.75, 3.05) is 13.2 Å². The predicted molar refractivity (Wildman–Crippen MR) is 78.4 cm³/mol. The molecule has 5 nitrogen and oxygen atoms in total. The summed E-state index contributed by atoms with van der Waals surface area (Å²) in [5.41, 5.74) is 0. The molecule has 0 aromatic heterocycles. The molecular weight excluding hydrogens is 277 g/mol. The van der Waals surface area contributed by atoms with Crippen LogP contribution in [0.1, 0.15) is 64.2 Å². The van der Waals surface area contributed by atoms with Crippen LogP contribution in [0.2, 0.25) is 0 Å². The summed E-state index contributed by atoms with van der Waals surface area (Å²) < 4.78 is 15.5. The zero-order valence-corrected chi connectivity index (χ0v) is 13.1. The monoisotopic (exact) mass is 305 g/mol. The van der Waals surface area contributed by atoms with E-state index in [1.807, 2.05) is 0 Å². The van der Waals surface area contributed by atoms with Crippen LogP contribution >= 0.6 is 7.82 Å². The van der Waals surface area contributed by atoms with E-state index < -0.39 is 7.82 Å². The average molecular weight is 305 g/mol. The summed E-state index contributed by atoms with van der Waals surface area (Å²) >= 11 is 0. The third kappa shape index (κ3) is 5.45. The van der Waals surface area contributed by atoms with E-state index in [1.54, 1.807) is 0 Å². The fraction of sp³-hybridized carbons (Fsp3) is 1.00. The summed E-state index contributed by atoms with van der Waals surface area (Å²) in [5, 5.41) is 0. The van der Waals surface area contributed by atoms with Gasteiger partial charge in [-0.1, -0.05) is 38.5 Å². The summed E-state index contributed by atoms with van der Waals surface area (Å²) in [4.78, 5) is 20.1. The van der Waals surface area contributed by atoms with Gasteiger partial charge >= 0.3 is 7.82 Å². The Bertz CT molecular complexity index is 303. The molecule has 0 unspecified atom stereocenters. The lowest BCUT2D eigenvalue weighted by Crippen LogP contribution is -2.46. The molecule has 118 valence electrons. The SMILES string of the molecule is O=P(O)(O)OCCN(C1CCCCC1)C1CCCCC1. The molecule has 2 rings (SSSR count). The minimum absolute atomic E-state index is 0.136. The van der Waals surface area contributed by atoms with Crippen molar-refractivity contribution in [2.45, 2.75) is 76.3 Å². The van der Waals surface area contributed by atoms with E-state index in [2.05, 4.69) is 9.42 Å². The van der Waals surface area contributed by atoms with E-state index in [1.165, 1.54) is 64.2 Å². The van der Waals surface area contributed by atoms with Gasteiger partial charge in [0.15, 0.2) is 0 Å². The number of rotatable bonds is 6. The Balaban J connectivity index is 1.89. The van der Waals surface area contributed by atoms with Crippen LogP contribution in [0.3, 0.4) is 0 Å². The van der Waals surface area contributed by atoms with Gasteiger partial charge in [-0.2, -0.15) is 0 Å². The molecule has 6 heteroatoms. The first-order valence-corrected chi connectivity index (χ1v) is 9.55. The lowest BCUT2D eigenvalue weighted by Gasteiger charge is -2.41. The van der Waals surface area contributed by atoms with Crippen LogP contribution in [0.5, 0.6) is 0 Å². The highest BCUT2D eigenvalue weighted by Gasteiger charge is 2.29. The molecule has 2 aliphatic rings. The summed E-state index contributed by atoms with van der Waals surface area (Å²) in [5.74, 6) is 0. The Morgan fingerprint density at radius 3 is 1.75 bits per heavy atom. The third-order valence-corrected chi connectivity index (χ3v) is 5.22. The largest absolute Gasteiger partial charge is 0.469 e. The third-order valence-electron chi connectivity index (χ3n) is 4.70. The molecule has 2 fully saturated rings. The van der Waals surface area contributed by atoms with Gasteiger partial charge in [0.1, 0.15) is 0 Å². The number of phosphoric ester groups is 1. The molecule has 2 N–H and O–H groups in total. The number of phosphoric acid groups is 1. The van der Waals surface area contributed by atoms with Gasteiger partial charge in [-0.15, -0.1) is 0 Å². The number of nitrogens with zero attached hydrogens (tertiary/aromatic N) is 1. The number of hydrogen-bond donors (Lipinski definition) is 2. The van der Waals surface area contributed by atoms with E-state index in [9.17, 15) is 4.57 Å². The van der Waals surface area contributed by atoms with Gasteiger partial charge in [-0.3, -0.25) is 9.42 Å². The lowest BCUT2D eigenvalue weighted by atomic mass is 9.88. The molecule has 0 bridgehead atoms. The number of hydrogen-bond acceptors (Lipinski definition) is 3. The second kappa shape index (κ2) is 7.90. The Hall–Kier alpha value is 0.0700. The van der Waals surface area contributed by atoms with Crippen molar-refractivity contribution in [3.05, 3.63) is 0 Å². The van der Waals surface area contributed by atoms with Crippen molar-refractivity contribution >= 4 is 7.82 Å². The Kier molecular flexibility index (Phi) is 6.50. The quantitative estimate of drug-likeness (QED) is 0.738. The maximum absolute atomic E-state index is 10.8. The summed E-state index contributed by atoms with van der Waals surface area (Å²) in [6, 6.07) is 1.18. The molecule has 20 heavy (non-hydrogen) atoms. The first-order valence-electron chi connectivity index (χ1n) is 8.02. The average Bonchev–Trinajstić information content (AvgIpc) is 2.44. The highest BCUT2D eigenvalue weighted by atomic mass is 31.2. The Morgan fingerprint density at radius 2 is 1.35 bits per heavy atom. The molecule has 0 aliphatic heterocycles. The maximum Gasteiger partial charge on any atom is 0.469 e. The van der Waals surface area contributed by atoms with Gasteiger partial charge in [-0.25, -0.2) is 4.57 Å². The summed E-state index contributed by atoms with van der Waals surface area (Å²) in [6.07, 6.45) is 12.7. The summed E-state index contributed by atoms with van der Waals surface area (Å²) in [6.45, 7) is 0.789. The van der Waals surface area contributed by atoms with Crippen LogP contribution in [0, 0.1) is 0 Å². The minimum atomic E-state index is -4.33. The first kappa shape index (κ1) is 16.4. The van der Waals surface area contributed by atoms with Crippen molar-refractivity contribution in [3.63, 3.8) is 0 Å². The van der Waals surface area contributed by atoms with Gasteiger partial charge < -0.3 is 9.79 Å². The van der Waals surface area contributed by atoms with Crippen LogP contribution in [0.15, 0.2) is 0 Å². The molecule has 0 aromatic rings. The van der Waals surface area contributed by atoms with E-state index >= 15 is 0 Å². The van der Waals surface area contributed by atoms with Crippen molar-refractivity contribution in [1.82, 2.24) is 4.90 Å². The van der Waals surface area contributed by atoms with Gasteiger partial charge in [0, 0.05) is 18.6 Å². The van der Waals surface area contributed by atoms with E-state index in [0.717, 1.165) is 0 Å². The van der Waals surface area contributed by atoms with Crippen LogP contribution in [0.4, 0.5) is 0 Å². The predicted octanol–water partition coefficient (Wildman–Crippen LogP) is 3.06. The van der Waals surface area contributed by atoms with Crippen molar-refractivity contribution in [1.29, 1.82) is 0 Å². The molecule has 0 amide bonds. The van der Waals surface area contributed by atoms with Crippen LogP contribution < -0.4 is 0 Å². The zero-order chi connectivity index (χ0) is 14.4. The Morgan fingerprint density at radius 1 is 0.900 bits per heavy atom. The van der Waals surface area contributed by atoms with Crippen LogP contribution in [0.25, 0.3) is 0 Å². The second-order valence-electron chi connectivity index (χ2n) is 6.15. The van der Waals surface area contributed by atoms with E-state index in [0.29, 0.717) is 18.6 Å². The van der Waals surface area contributed by atoms with E-state index in [-0.39, 0.29) is 6.61 Å². The highest BCUT2D eigenvalue weighted by Crippen LogP contribution is 2.36. The van der Waals surface area contributed by atoms with Crippen molar-refractivity contribution < 1.29 is 18.9 Å². The smallest absolute Gasteiger partial charge is 0.303 e. The molecule has 0 saturated heterocycles. The highest BCUT2D eigenvalue weighted by molar-refractivity contribution is 7.46. The van der Waals surface area contributed by atoms with Gasteiger partial charge in [-0.05, 0) is 25.7 Å². The van der Waals surface area contributed by atoms with Crippen LogP contribution in [-0.2, 0) is 9.09 Å². The molecule has 2 saturated carbocycles. The fourth-order valence-corrected chi connectivity index (χ4v) is 4.07. The van der Waals surface area contributed by atoms with Gasteiger partial charge in [0.25, 0.3) is 0 Å². The standard InChI is InChI=1S/C14H28NO4P/c16-20(17,18)19-12-11-15(13-7-3-1-4-8-13)14-9-5-2-6-10-14/h13-14H,1-12H2,(H2,16,17,18). The molecule has 0 atom stereocenters. The van der Waals surface area contributed by atoms with Crippen molar-refractivity contribution in [3.8, 4) is 0 Å². The van der Waals surface area contributed by atoms with Crippen LogP contribution in [-0.4, -0.2) is 39.9 Å². The first-order chi connectivity index (χ1) is 9.56. The van der Waals surface area contributed by atoms with E-state index in [4.69, 9.17) is 9.79 Å². The molecule has 0 aromatic carbocycles. The molecular formula is C14H28NO4P. The molecule has 0 heterocycles. The molecule has 0 spiro atoms. The molecule has 2 aliphatic carbocycles. The Labute approximate surface area is 121 Å². The van der Waals surface area contributed by atoms with Gasteiger partial charge in [0.05, 0.1) is 6.61 Å². The zero-order valence-electron chi connectivity index (χ0n) is 12.2. The van der Waals surface area contributed by atoms with Gasteiger partial charge in [0.2, 0.25) is 0 Å². The topological polar surface area (TPSA) is 70.0 Å². The minimum Gasteiger partial charge on any atom is -0.303 e. The maximum atomic E-state index is 10.8. The fourth-order valence-electron chi connectivity index (χ4n) is 3.75. The summed E-state index contributed by atoms with van der Waals surface area (Å²) in [7, 11) is -4.33. The normalized spacial score (nSPS) is 23.4. The lowest BCUT2D eigenvalue weighted by molar-refractivity contribution is 0.0599. The van der Waals surface area contributed by atoms with Crippen molar-refractivity contribution in [2.24, 2.45) is 0 Å². The molecule has 0 radical (unpaired) electrons.